The monoisotopic (exact) mass is 378 g/mol. The standard InChI is InChI=1S/C18H19ClN2O3S/c1-2-18(22)20-15-8-5-13-4-3-11-21(17(13)12-15)25(23,24)16-9-6-14(19)7-10-16/h5-10,12H,2-4,11H2,1H3,(H,20,22). The quantitative estimate of drug-likeness (QED) is 0.879. The average molecular weight is 379 g/mol. The number of aryl methyl sites for hydroxylation is 1. The summed E-state index contributed by atoms with van der Waals surface area (Å²) in [6.45, 7) is 2.17. The number of hydrogen-bond acceptors (Lipinski definition) is 3. The van der Waals surface area contributed by atoms with Crippen LogP contribution < -0.4 is 9.62 Å². The van der Waals surface area contributed by atoms with E-state index >= 15 is 0 Å². The van der Waals surface area contributed by atoms with Crippen LogP contribution in [0.15, 0.2) is 47.4 Å². The van der Waals surface area contributed by atoms with Crippen molar-refractivity contribution < 1.29 is 13.2 Å². The highest BCUT2D eigenvalue weighted by molar-refractivity contribution is 7.92. The van der Waals surface area contributed by atoms with Crippen LogP contribution >= 0.6 is 11.6 Å². The maximum Gasteiger partial charge on any atom is 0.264 e. The molecule has 1 N–H and O–H groups in total. The summed E-state index contributed by atoms with van der Waals surface area (Å²) in [6, 6.07) is 11.6. The van der Waals surface area contributed by atoms with Crippen molar-refractivity contribution >= 4 is 38.9 Å². The summed E-state index contributed by atoms with van der Waals surface area (Å²) in [5, 5.41) is 3.27. The molecule has 1 heterocycles. The summed E-state index contributed by atoms with van der Waals surface area (Å²) in [4.78, 5) is 11.8. The Labute approximate surface area is 152 Å². The molecule has 0 aliphatic carbocycles. The number of amides is 1. The lowest BCUT2D eigenvalue weighted by molar-refractivity contribution is -0.115. The number of carbonyl (C=O) groups excluding carboxylic acids is 1. The molecule has 0 fully saturated rings. The molecule has 2 aromatic carbocycles. The van der Waals surface area contributed by atoms with Gasteiger partial charge >= 0.3 is 0 Å². The molecule has 132 valence electrons. The van der Waals surface area contributed by atoms with Gasteiger partial charge in [0.1, 0.15) is 0 Å². The van der Waals surface area contributed by atoms with Crippen LogP contribution in [0.25, 0.3) is 0 Å². The Kier molecular flexibility index (Phi) is 5.01. The molecule has 1 amide bonds. The van der Waals surface area contributed by atoms with Crippen LogP contribution in [-0.4, -0.2) is 20.9 Å². The van der Waals surface area contributed by atoms with E-state index < -0.39 is 10.0 Å². The number of fused-ring (bicyclic) bond motifs is 1. The molecule has 7 heteroatoms. The predicted octanol–water partition coefficient (Wildman–Crippen LogP) is 3.83. The first-order chi connectivity index (χ1) is 11.9. The third-order valence-corrected chi connectivity index (χ3v) is 6.25. The zero-order valence-corrected chi connectivity index (χ0v) is 15.4. The lowest BCUT2D eigenvalue weighted by Crippen LogP contribution is -2.35. The lowest BCUT2D eigenvalue weighted by Gasteiger charge is -2.31. The Balaban J connectivity index is 2.01. The molecule has 1 aliphatic rings. The maximum absolute atomic E-state index is 13.0. The van der Waals surface area contributed by atoms with Gasteiger partial charge in [-0.05, 0) is 54.8 Å². The minimum Gasteiger partial charge on any atom is -0.326 e. The van der Waals surface area contributed by atoms with Crippen molar-refractivity contribution in [2.75, 3.05) is 16.2 Å². The number of nitrogens with zero attached hydrogens (tertiary/aromatic N) is 1. The largest absolute Gasteiger partial charge is 0.326 e. The predicted molar refractivity (Wildman–Crippen MR) is 99.7 cm³/mol. The second-order valence-corrected chi connectivity index (χ2v) is 8.18. The third kappa shape index (κ3) is 3.65. The number of nitrogens with one attached hydrogen (secondary N) is 1. The van der Waals surface area contributed by atoms with Gasteiger partial charge in [-0.25, -0.2) is 8.42 Å². The van der Waals surface area contributed by atoms with Gasteiger partial charge in [0.2, 0.25) is 5.91 Å². The topological polar surface area (TPSA) is 66.5 Å². The van der Waals surface area contributed by atoms with Crippen molar-refractivity contribution in [2.24, 2.45) is 0 Å². The average Bonchev–Trinajstić information content (AvgIpc) is 2.61. The van der Waals surface area contributed by atoms with Crippen LogP contribution in [0.5, 0.6) is 0 Å². The summed E-state index contributed by atoms with van der Waals surface area (Å²) in [7, 11) is -3.68. The van der Waals surface area contributed by atoms with Gasteiger partial charge in [0, 0.05) is 23.7 Å². The number of halogens is 1. The third-order valence-electron chi connectivity index (χ3n) is 4.17. The van der Waals surface area contributed by atoms with E-state index in [0.717, 1.165) is 18.4 Å². The summed E-state index contributed by atoms with van der Waals surface area (Å²) in [5.41, 5.74) is 2.18. The van der Waals surface area contributed by atoms with Crippen molar-refractivity contribution in [3.8, 4) is 0 Å². The van der Waals surface area contributed by atoms with Gasteiger partial charge in [0.15, 0.2) is 0 Å². The molecule has 0 aromatic heterocycles. The first-order valence-corrected chi connectivity index (χ1v) is 9.94. The molecule has 25 heavy (non-hydrogen) atoms. The van der Waals surface area contributed by atoms with Gasteiger partial charge in [-0.1, -0.05) is 24.6 Å². The molecule has 0 saturated heterocycles. The molecular formula is C18H19ClN2O3S. The molecule has 0 spiro atoms. The molecule has 0 radical (unpaired) electrons. The number of carbonyl (C=O) groups is 1. The van der Waals surface area contributed by atoms with Crippen LogP contribution in [0.1, 0.15) is 25.3 Å². The van der Waals surface area contributed by atoms with E-state index in [0.29, 0.717) is 29.4 Å². The van der Waals surface area contributed by atoms with Crippen molar-refractivity contribution in [3.63, 3.8) is 0 Å². The van der Waals surface area contributed by atoms with Crippen molar-refractivity contribution in [3.05, 3.63) is 53.1 Å². The minimum absolute atomic E-state index is 0.108. The zero-order valence-electron chi connectivity index (χ0n) is 13.8. The Morgan fingerprint density at radius 3 is 2.60 bits per heavy atom. The zero-order chi connectivity index (χ0) is 18.0. The fourth-order valence-electron chi connectivity index (χ4n) is 2.85. The van der Waals surface area contributed by atoms with Crippen LogP contribution in [0.3, 0.4) is 0 Å². The van der Waals surface area contributed by atoms with E-state index in [-0.39, 0.29) is 10.8 Å². The number of hydrogen-bond donors (Lipinski definition) is 1. The molecule has 0 saturated carbocycles. The molecule has 5 nitrogen and oxygen atoms in total. The van der Waals surface area contributed by atoms with E-state index in [4.69, 9.17) is 11.6 Å². The summed E-state index contributed by atoms with van der Waals surface area (Å²) in [5.74, 6) is -0.108. The fraction of sp³-hybridized carbons (Fsp3) is 0.278. The van der Waals surface area contributed by atoms with Gasteiger partial charge in [-0.2, -0.15) is 0 Å². The van der Waals surface area contributed by atoms with E-state index in [2.05, 4.69) is 5.32 Å². The summed E-state index contributed by atoms with van der Waals surface area (Å²) >= 11 is 5.86. The van der Waals surface area contributed by atoms with Crippen LogP contribution in [0.2, 0.25) is 5.02 Å². The first kappa shape index (κ1) is 17.8. The van der Waals surface area contributed by atoms with Gasteiger partial charge in [0.05, 0.1) is 10.6 Å². The molecular weight excluding hydrogens is 360 g/mol. The lowest BCUT2D eigenvalue weighted by atomic mass is 10.0. The van der Waals surface area contributed by atoms with E-state index in [1.165, 1.54) is 16.4 Å². The van der Waals surface area contributed by atoms with Crippen molar-refractivity contribution in [1.29, 1.82) is 0 Å². The van der Waals surface area contributed by atoms with Crippen LogP contribution in [-0.2, 0) is 21.2 Å². The molecule has 2 aromatic rings. The maximum atomic E-state index is 13.0. The molecule has 0 atom stereocenters. The van der Waals surface area contributed by atoms with E-state index in [1.54, 1.807) is 25.1 Å². The molecule has 0 unspecified atom stereocenters. The number of rotatable bonds is 4. The van der Waals surface area contributed by atoms with Gasteiger partial charge in [0.25, 0.3) is 10.0 Å². The van der Waals surface area contributed by atoms with Gasteiger partial charge in [-0.3, -0.25) is 9.10 Å². The summed E-state index contributed by atoms with van der Waals surface area (Å²) < 4.78 is 27.5. The normalized spacial score (nSPS) is 14.1. The second kappa shape index (κ2) is 7.06. The highest BCUT2D eigenvalue weighted by Crippen LogP contribution is 2.34. The summed E-state index contributed by atoms with van der Waals surface area (Å²) in [6.07, 6.45) is 1.92. The number of anilines is 2. The molecule has 3 rings (SSSR count). The second-order valence-electron chi connectivity index (χ2n) is 5.88. The van der Waals surface area contributed by atoms with E-state index in [9.17, 15) is 13.2 Å². The Morgan fingerprint density at radius 2 is 1.92 bits per heavy atom. The van der Waals surface area contributed by atoms with Gasteiger partial charge in [-0.15, -0.1) is 0 Å². The van der Waals surface area contributed by atoms with Crippen LogP contribution in [0, 0.1) is 0 Å². The Hall–Kier alpha value is -2.05. The van der Waals surface area contributed by atoms with Gasteiger partial charge < -0.3 is 5.32 Å². The van der Waals surface area contributed by atoms with Crippen molar-refractivity contribution in [2.45, 2.75) is 31.1 Å². The van der Waals surface area contributed by atoms with E-state index in [1.807, 2.05) is 12.1 Å². The highest BCUT2D eigenvalue weighted by atomic mass is 35.5. The van der Waals surface area contributed by atoms with Crippen molar-refractivity contribution in [1.82, 2.24) is 0 Å². The highest BCUT2D eigenvalue weighted by Gasteiger charge is 2.29. The molecule has 0 bridgehead atoms. The number of sulfonamides is 1. The number of benzene rings is 2. The molecule has 1 aliphatic heterocycles. The van der Waals surface area contributed by atoms with Crippen LogP contribution in [0.4, 0.5) is 11.4 Å². The Bertz CT molecular complexity index is 895. The first-order valence-electron chi connectivity index (χ1n) is 8.13. The smallest absolute Gasteiger partial charge is 0.264 e. The SMILES string of the molecule is CCC(=O)Nc1ccc2c(c1)N(S(=O)(=O)c1ccc(Cl)cc1)CCC2. The fourth-order valence-corrected chi connectivity index (χ4v) is 4.51. The minimum atomic E-state index is -3.68. The Morgan fingerprint density at radius 1 is 1.20 bits per heavy atom.